The van der Waals surface area contributed by atoms with Crippen molar-refractivity contribution in [2.75, 3.05) is 5.32 Å². The van der Waals surface area contributed by atoms with Gasteiger partial charge >= 0.3 is 0 Å². The third-order valence-corrected chi connectivity index (χ3v) is 4.24. The Hall–Kier alpha value is -0.780. The number of nitrogens with zero attached hydrogens (tertiary/aromatic N) is 3. The van der Waals surface area contributed by atoms with E-state index in [0.29, 0.717) is 16.6 Å². The topological polar surface area (TPSA) is 42.7 Å². The Bertz CT molecular complexity index is 556. The van der Waals surface area contributed by atoms with Gasteiger partial charge in [0.1, 0.15) is 12.2 Å². The average molecular weight is 350 g/mol. The van der Waals surface area contributed by atoms with Crippen LogP contribution >= 0.6 is 39.1 Å². The van der Waals surface area contributed by atoms with Crippen molar-refractivity contribution in [2.45, 2.75) is 20.0 Å². The summed E-state index contributed by atoms with van der Waals surface area (Å²) in [7, 11) is 0. The molecule has 0 aliphatic carbocycles. The zero-order chi connectivity index (χ0) is 13.1. The molecule has 0 amide bonds. The number of nitrogens with one attached hydrogen (secondary N) is 1. The van der Waals surface area contributed by atoms with E-state index in [1.54, 1.807) is 0 Å². The second-order valence-corrected chi connectivity index (χ2v) is 5.18. The van der Waals surface area contributed by atoms with Gasteiger partial charge in [-0.2, -0.15) is 5.10 Å². The van der Waals surface area contributed by atoms with E-state index >= 15 is 0 Å². The first-order valence-corrected chi connectivity index (χ1v) is 6.92. The first kappa shape index (κ1) is 13.6. The number of rotatable bonds is 4. The Balaban J connectivity index is 2.14. The molecule has 1 heterocycles. The van der Waals surface area contributed by atoms with Crippen LogP contribution in [-0.4, -0.2) is 14.8 Å². The molecule has 96 valence electrons. The number of benzene rings is 1. The Morgan fingerprint density at radius 2 is 2.11 bits per heavy atom. The standard InChI is InChI=1S/C11H11BrCl2N4/c1-2-18-9(16-6-17-18)5-15-8-4-3-7(12)10(13)11(8)14/h3-4,6,15H,2,5H2,1H3. The molecular formula is C11H11BrCl2N4. The van der Waals surface area contributed by atoms with Crippen molar-refractivity contribution in [3.05, 3.63) is 38.8 Å². The molecular weight excluding hydrogens is 339 g/mol. The minimum Gasteiger partial charge on any atom is -0.377 e. The highest BCUT2D eigenvalue weighted by Crippen LogP contribution is 2.35. The summed E-state index contributed by atoms with van der Waals surface area (Å²) in [6, 6.07) is 3.71. The molecule has 2 rings (SSSR count). The molecule has 1 aromatic heterocycles. The molecule has 0 saturated heterocycles. The van der Waals surface area contributed by atoms with Crippen LogP contribution in [-0.2, 0) is 13.1 Å². The van der Waals surface area contributed by atoms with E-state index in [1.807, 2.05) is 23.7 Å². The quantitative estimate of drug-likeness (QED) is 0.849. The van der Waals surface area contributed by atoms with Gasteiger partial charge in [0.25, 0.3) is 0 Å². The summed E-state index contributed by atoms with van der Waals surface area (Å²) in [6.45, 7) is 3.35. The van der Waals surface area contributed by atoms with Gasteiger partial charge in [-0.3, -0.25) is 0 Å². The highest BCUT2D eigenvalue weighted by atomic mass is 79.9. The zero-order valence-electron chi connectivity index (χ0n) is 9.62. The first-order valence-electron chi connectivity index (χ1n) is 5.37. The fourth-order valence-electron chi connectivity index (χ4n) is 1.53. The molecule has 0 spiro atoms. The van der Waals surface area contributed by atoms with Crippen molar-refractivity contribution in [1.29, 1.82) is 0 Å². The summed E-state index contributed by atoms with van der Waals surface area (Å²) < 4.78 is 2.60. The predicted octanol–water partition coefficient (Wildman–Crippen LogP) is 3.98. The van der Waals surface area contributed by atoms with E-state index in [2.05, 4.69) is 31.3 Å². The summed E-state index contributed by atoms with van der Waals surface area (Å²) in [5.41, 5.74) is 0.774. The lowest BCUT2D eigenvalue weighted by Gasteiger charge is -2.10. The second-order valence-electron chi connectivity index (χ2n) is 3.57. The number of aromatic nitrogens is 3. The fourth-order valence-corrected chi connectivity index (χ4v) is 2.37. The number of anilines is 1. The Labute approximate surface area is 123 Å². The maximum Gasteiger partial charge on any atom is 0.146 e. The summed E-state index contributed by atoms with van der Waals surface area (Å²) in [5.74, 6) is 0.854. The van der Waals surface area contributed by atoms with Crippen LogP contribution in [0.2, 0.25) is 10.0 Å². The van der Waals surface area contributed by atoms with E-state index in [0.717, 1.165) is 22.5 Å². The van der Waals surface area contributed by atoms with Crippen LogP contribution in [0.4, 0.5) is 5.69 Å². The molecule has 0 bridgehead atoms. The summed E-state index contributed by atoms with van der Waals surface area (Å²) in [6.07, 6.45) is 1.54. The first-order chi connectivity index (χ1) is 8.63. The molecule has 1 N–H and O–H groups in total. The molecule has 0 aliphatic rings. The third kappa shape index (κ3) is 2.79. The molecule has 0 radical (unpaired) electrons. The Kier molecular flexibility index (Phi) is 4.48. The normalized spacial score (nSPS) is 10.7. The zero-order valence-corrected chi connectivity index (χ0v) is 12.7. The van der Waals surface area contributed by atoms with Gasteiger partial charge in [-0.25, -0.2) is 9.67 Å². The van der Waals surface area contributed by atoms with Crippen LogP contribution in [0.15, 0.2) is 22.9 Å². The molecule has 0 aliphatic heterocycles. The van der Waals surface area contributed by atoms with Crippen LogP contribution in [0, 0.1) is 0 Å². The monoisotopic (exact) mass is 348 g/mol. The van der Waals surface area contributed by atoms with Gasteiger partial charge in [-0.05, 0) is 35.0 Å². The van der Waals surface area contributed by atoms with Crippen LogP contribution in [0.3, 0.4) is 0 Å². The van der Waals surface area contributed by atoms with Gasteiger partial charge in [0, 0.05) is 11.0 Å². The fraction of sp³-hybridized carbons (Fsp3) is 0.273. The van der Waals surface area contributed by atoms with E-state index < -0.39 is 0 Å². The van der Waals surface area contributed by atoms with Crippen LogP contribution in [0.5, 0.6) is 0 Å². The molecule has 1 aromatic carbocycles. The summed E-state index contributed by atoms with van der Waals surface area (Å²) >= 11 is 15.5. The predicted molar refractivity (Wildman–Crippen MR) is 77.2 cm³/mol. The van der Waals surface area contributed by atoms with Crippen molar-refractivity contribution in [1.82, 2.24) is 14.8 Å². The minimum absolute atomic E-state index is 0.494. The highest BCUT2D eigenvalue weighted by Gasteiger charge is 2.09. The molecule has 0 saturated carbocycles. The molecule has 4 nitrogen and oxygen atoms in total. The molecule has 0 unspecified atom stereocenters. The lowest BCUT2D eigenvalue weighted by atomic mass is 10.3. The maximum absolute atomic E-state index is 6.15. The van der Waals surface area contributed by atoms with E-state index in [4.69, 9.17) is 23.2 Å². The van der Waals surface area contributed by atoms with Crippen molar-refractivity contribution >= 4 is 44.8 Å². The average Bonchev–Trinajstić information content (AvgIpc) is 2.82. The smallest absolute Gasteiger partial charge is 0.146 e. The van der Waals surface area contributed by atoms with Crippen molar-refractivity contribution in [3.8, 4) is 0 Å². The molecule has 2 aromatic rings. The Morgan fingerprint density at radius 1 is 1.33 bits per heavy atom. The Morgan fingerprint density at radius 3 is 2.83 bits per heavy atom. The lowest BCUT2D eigenvalue weighted by molar-refractivity contribution is 0.622. The van der Waals surface area contributed by atoms with E-state index in [-0.39, 0.29) is 0 Å². The van der Waals surface area contributed by atoms with E-state index in [9.17, 15) is 0 Å². The molecule has 7 heteroatoms. The van der Waals surface area contributed by atoms with E-state index in [1.165, 1.54) is 6.33 Å². The highest BCUT2D eigenvalue weighted by molar-refractivity contribution is 9.10. The minimum atomic E-state index is 0.494. The largest absolute Gasteiger partial charge is 0.377 e. The van der Waals surface area contributed by atoms with Gasteiger partial charge in [-0.1, -0.05) is 23.2 Å². The number of aryl methyl sites for hydroxylation is 1. The second kappa shape index (κ2) is 5.91. The molecule has 18 heavy (non-hydrogen) atoms. The van der Waals surface area contributed by atoms with Gasteiger partial charge < -0.3 is 5.32 Å². The van der Waals surface area contributed by atoms with Crippen LogP contribution in [0.1, 0.15) is 12.7 Å². The number of hydrogen-bond donors (Lipinski definition) is 1. The molecule has 0 atom stereocenters. The van der Waals surface area contributed by atoms with Crippen LogP contribution < -0.4 is 5.32 Å². The van der Waals surface area contributed by atoms with Crippen molar-refractivity contribution < 1.29 is 0 Å². The van der Waals surface area contributed by atoms with Gasteiger partial charge in [0.15, 0.2) is 0 Å². The number of halogens is 3. The SMILES string of the molecule is CCn1ncnc1CNc1ccc(Br)c(Cl)c1Cl. The number of hydrogen-bond acceptors (Lipinski definition) is 3. The molecule has 0 fully saturated rings. The maximum atomic E-state index is 6.15. The van der Waals surface area contributed by atoms with Gasteiger partial charge in [-0.15, -0.1) is 0 Å². The van der Waals surface area contributed by atoms with Crippen molar-refractivity contribution in [3.63, 3.8) is 0 Å². The van der Waals surface area contributed by atoms with Gasteiger partial charge in [0.05, 0.1) is 22.3 Å². The van der Waals surface area contributed by atoms with Crippen molar-refractivity contribution in [2.24, 2.45) is 0 Å². The lowest BCUT2D eigenvalue weighted by Crippen LogP contribution is -2.09. The third-order valence-electron chi connectivity index (χ3n) is 2.47. The summed E-state index contributed by atoms with van der Waals surface area (Å²) in [5, 5.41) is 8.29. The van der Waals surface area contributed by atoms with Gasteiger partial charge in [0.2, 0.25) is 0 Å². The summed E-state index contributed by atoms with van der Waals surface area (Å²) in [4.78, 5) is 4.18. The van der Waals surface area contributed by atoms with Crippen LogP contribution in [0.25, 0.3) is 0 Å².